The van der Waals surface area contributed by atoms with Gasteiger partial charge >= 0.3 is 6.18 Å². The predicted octanol–water partition coefficient (Wildman–Crippen LogP) is 2.88. The number of ether oxygens (including phenoxy) is 1. The normalized spacial score (nSPS) is 11.4. The first-order valence-electron chi connectivity index (χ1n) is 8.07. The van der Waals surface area contributed by atoms with Gasteiger partial charge in [-0.1, -0.05) is 0 Å². The number of methoxy groups -OCH3 is 1. The zero-order valence-electron chi connectivity index (χ0n) is 15.5. The summed E-state index contributed by atoms with van der Waals surface area (Å²) in [6.07, 6.45) is -3.84. The monoisotopic (exact) mass is 394 g/mol. The molecular weight excluding hydrogens is 377 g/mol. The van der Waals surface area contributed by atoms with Crippen molar-refractivity contribution in [3.63, 3.8) is 0 Å². The summed E-state index contributed by atoms with van der Waals surface area (Å²) in [7, 11) is 2.83. The van der Waals surface area contributed by atoms with E-state index in [1.165, 1.54) is 14.2 Å². The zero-order chi connectivity index (χ0) is 20.5. The lowest BCUT2D eigenvalue weighted by Gasteiger charge is -2.16. The molecule has 0 spiro atoms. The van der Waals surface area contributed by atoms with Crippen molar-refractivity contribution >= 4 is 17.5 Å². The molecule has 0 saturated heterocycles. The molecule has 28 heavy (non-hydrogen) atoms. The summed E-state index contributed by atoms with van der Waals surface area (Å²) in [6, 6.07) is 3.46. The Balaban J connectivity index is 1.99. The number of anilines is 3. The molecule has 9 nitrogen and oxygen atoms in total. The Morgan fingerprint density at radius 2 is 1.93 bits per heavy atom. The van der Waals surface area contributed by atoms with Crippen molar-refractivity contribution in [1.82, 2.24) is 30.2 Å². The van der Waals surface area contributed by atoms with Crippen LogP contribution < -0.4 is 15.4 Å². The zero-order valence-corrected chi connectivity index (χ0v) is 15.5. The van der Waals surface area contributed by atoms with Crippen LogP contribution in [0.1, 0.15) is 17.0 Å². The van der Waals surface area contributed by atoms with Gasteiger partial charge in [-0.3, -0.25) is 0 Å². The first kappa shape index (κ1) is 19.3. The quantitative estimate of drug-likeness (QED) is 0.681. The third-order valence-corrected chi connectivity index (χ3v) is 3.95. The Kier molecular flexibility index (Phi) is 5.03. The van der Waals surface area contributed by atoms with Crippen LogP contribution >= 0.6 is 0 Å². The van der Waals surface area contributed by atoms with Gasteiger partial charge in [0.15, 0.2) is 5.82 Å². The van der Waals surface area contributed by atoms with Gasteiger partial charge in [0.1, 0.15) is 17.1 Å². The van der Waals surface area contributed by atoms with Gasteiger partial charge in [0, 0.05) is 19.3 Å². The highest BCUT2D eigenvalue weighted by Crippen LogP contribution is 2.35. The average molecular weight is 394 g/mol. The minimum Gasteiger partial charge on any atom is -0.494 e. The Labute approximate surface area is 158 Å². The summed E-state index contributed by atoms with van der Waals surface area (Å²) in [5.74, 6) is 0.670. The van der Waals surface area contributed by atoms with Gasteiger partial charge in [-0.2, -0.15) is 22.8 Å². The number of hydrogen-bond acceptors (Lipinski definition) is 8. The van der Waals surface area contributed by atoms with Crippen molar-refractivity contribution in [3.8, 4) is 11.4 Å². The van der Waals surface area contributed by atoms with Crippen LogP contribution in [-0.4, -0.2) is 44.3 Å². The van der Waals surface area contributed by atoms with Crippen LogP contribution in [0.25, 0.3) is 5.69 Å². The lowest BCUT2D eigenvalue weighted by molar-refractivity contribution is -0.137. The molecule has 3 aromatic rings. The summed E-state index contributed by atoms with van der Waals surface area (Å²) in [4.78, 5) is 7.66. The van der Waals surface area contributed by atoms with Gasteiger partial charge in [-0.05, 0) is 35.9 Å². The van der Waals surface area contributed by atoms with Crippen molar-refractivity contribution in [2.45, 2.75) is 20.0 Å². The number of hydrogen-bond donors (Lipinski definition) is 2. The number of nitrogens with one attached hydrogen (secondary N) is 2. The summed E-state index contributed by atoms with van der Waals surface area (Å²) in [5.41, 5.74) is 1.04. The van der Waals surface area contributed by atoms with Crippen molar-refractivity contribution < 1.29 is 17.9 Å². The lowest BCUT2D eigenvalue weighted by Crippen LogP contribution is -2.13. The third-order valence-electron chi connectivity index (χ3n) is 3.95. The second-order valence-electron chi connectivity index (χ2n) is 5.81. The number of nitrogens with zero attached hydrogens (tertiary/aromatic N) is 6. The maximum atomic E-state index is 13.0. The van der Waals surface area contributed by atoms with Crippen LogP contribution in [0, 0.1) is 13.8 Å². The largest absolute Gasteiger partial charge is 0.494 e. The summed E-state index contributed by atoms with van der Waals surface area (Å²) >= 11 is 0. The van der Waals surface area contributed by atoms with Crippen LogP contribution in [0.5, 0.6) is 5.75 Å². The summed E-state index contributed by atoms with van der Waals surface area (Å²) < 4.78 is 45.9. The fourth-order valence-corrected chi connectivity index (χ4v) is 2.59. The molecule has 0 amide bonds. The molecule has 0 atom stereocenters. The molecule has 3 rings (SSSR count). The smallest absolute Gasteiger partial charge is 0.421 e. The Hall–Kier alpha value is -3.44. The van der Waals surface area contributed by atoms with E-state index in [0.717, 1.165) is 11.8 Å². The number of halogens is 3. The molecule has 0 aliphatic rings. The highest BCUT2D eigenvalue weighted by atomic mass is 19.4. The van der Waals surface area contributed by atoms with E-state index >= 15 is 0 Å². The lowest BCUT2D eigenvalue weighted by atomic mass is 10.1. The summed E-state index contributed by atoms with van der Waals surface area (Å²) in [5, 5.41) is 16.7. The van der Waals surface area contributed by atoms with E-state index in [1.807, 2.05) is 6.92 Å². The number of rotatable bonds is 5. The molecule has 2 N–H and O–H groups in total. The molecule has 0 unspecified atom stereocenters. The molecule has 0 bridgehead atoms. The molecular formula is C16H17F3N8O. The number of tetrazole rings is 1. The number of aryl methyl sites for hydroxylation is 2. The van der Waals surface area contributed by atoms with Crippen molar-refractivity contribution in [3.05, 3.63) is 35.3 Å². The van der Waals surface area contributed by atoms with Gasteiger partial charge < -0.3 is 15.4 Å². The number of alkyl halides is 3. The van der Waals surface area contributed by atoms with Gasteiger partial charge in [-0.15, -0.1) is 5.10 Å². The molecule has 148 valence electrons. The Bertz CT molecular complexity index is 1000. The van der Waals surface area contributed by atoms with Crippen LogP contribution in [0.3, 0.4) is 0 Å². The Morgan fingerprint density at radius 3 is 2.50 bits per heavy atom. The van der Waals surface area contributed by atoms with Gasteiger partial charge in [-0.25, -0.2) is 4.98 Å². The second kappa shape index (κ2) is 7.29. The van der Waals surface area contributed by atoms with Crippen molar-refractivity contribution in [2.24, 2.45) is 0 Å². The second-order valence-corrected chi connectivity index (χ2v) is 5.81. The summed E-state index contributed by atoms with van der Waals surface area (Å²) in [6.45, 7) is 3.60. The molecule has 0 saturated carbocycles. The molecule has 2 heterocycles. The van der Waals surface area contributed by atoms with E-state index in [2.05, 4.69) is 36.1 Å². The third kappa shape index (κ3) is 3.66. The maximum Gasteiger partial charge on any atom is 0.421 e. The number of benzene rings is 1. The predicted molar refractivity (Wildman–Crippen MR) is 95.0 cm³/mol. The fourth-order valence-electron chi connectivity index (χ4n) is 2.59. The van der Waals surface area contributed by atoms with Crippen molar-refractivity contribution in [2.75, 3.05) is 24.8 Å². The first-order valence-corrected chi connectivity index (χ1v) is 8.07. The van der Waals surface area contributed by atoms with Gasteiger partial charge in [0.2, 0.25) is 5.95 Å². The van der Waals surface area contributed by atoms with Crippen molar-refractivity contribution in [1.29, 1.82) is 0 Å². The van der Waals surface area contributed by atoms with Crippen LogP contribution in [0.15, 0.2) is 18.3 Å². The SMILES string of the molecule is CNc1nc(Nc2cc(C)c(-n3nnnc3C)cc2OC)ncc1C(F)(F)F. The minimum absolute atomic E-state index is 0.0126. The minimum atomic E-state index is -4.56. The van der Waals surface area contributed by atoms with Gasteiger partial charge in [0.25, 0.3) is 0 Å². The molecule has 0 fully saturated rings. The van der Waals surface area contributed by atoms with E-state index in [4.69, 9.17) is 4.74 Å². The average Bonchev–Trinajstić information content (AvgIpc) is 3.06. The fraction of sp³-hybridized carbons (Fsp3) is 0.312. The molecule has 2 aromatic heterocycles. The topological polar surface area (TPSA) is 103 Å². The van der Waals surface area contributed by atoms with Crippen LogP contribution in [-0.2, 0) is 6.18 Å². The van der Waals surface area contributed by atoms with E-state index in [1.54, 1.807) is 23.7 Å². The first-order chi connectivity index (χ1) is 13.2. The highest BCUT2D eigenvalue weighted by molar-refractivity contribution is 5.68. The molecule has 0 aliphatic heterocycles. The van der Waals surface area contributed by atoms with Crippen LogP contribution in [0.4, 0.5) is 30.6 Å². The molecule has 0 aliphatic carbocycles. The molecule has 0 radical (unpaired) electrons. The van der Waals surface area contributed by atoms with E-state index in [-0.39, 0.29) is 11.8 Å². The van der Waals surface area contributed by atoms with E-state index in [0.29, 0.717) is 22.9 Å². The number of aromatic nitrogens is 6. The molecule has 12 heteroatoms. The van der Waals surface area contributed by atoms with Gasteiger partial charge in [0.05, 0.1) is 18.5 Å². The maximum absolute atomic E-state index is 13.0. The highest BCUT2D eigenvalue weighted by Gasteiger charge is 2.35. The van der Waals surface area contributed by atoms with E-state index in [9.17, 15) is 13.2 Å². The Morgan fingerprint density at radius 1 is 1.18 bits per heavy atom. The molecule has 1 aromatic carbocycles. The standard InChI is InChI=1S/C16H17F3N8O/c1-8-5-11(13(28-4)6-12(8)27-9(2)24-25-26-27)22-15-21-7-10(16(17,18)19)14(20-3)23-15/h5-7H,1-4H3,(H2,20,21,22,23). The van der Waals surface area contributed by atoms with Crippen LogP contribution in [0.2, 0.25) is 0 Å². The van der Waals surface area contributed by atoms with E-state index < -0.39 is 11.7 Å².